The van der Waals surface area contributed by atoms with Crippen molar-refractivity contribution in [1.29, 1.82) is 5.26 Å². The lowest BCUT2D eigenvalue weighted by Gasteiger charge is -2.25. The van der Waals surface area contributed by atoms with Crippen molar-refractivity contribution < 1.29 is 4.79 Å². The molecular weight excluding hydrogens is 226 g/mol. The molecule has 18 heavy (non-hydrogen) atoms. The summed E-state index contributed by atoms with van der Waals surface area (Å²) in [6.45, 7) is 2.23. The fourth-order valence-corrected chi connectivity index (χ4v) is 2.28. The predicted molar refractivity (Wildman–Crippen MR) is 68.7 cm³/mol. The lowest BCUT2D eigenvalue weighted by molar-refractivity contribution is -0.121. The molecule has 0 atom stereocenters. The van der Waals surface area contributed by atoms with Gasteiger partial charge in [-0.3, -0.25) is 4.79 Å². The summed E-state index contributed by atoms with van der Waals surface area (Å²) in [6.07, 6.45) is 5.64. The summed E-state index contributed by atoms with van der Waals surface area (Å²) in [5.74, 6) is 1.43. The lowest BCUT2D eigenvalue weighted by atomic mass is 9.82. The van der Waals surface area contributed by atoms with Crippen molar-refractivity contribution in [2.45, 2.75) is 32.6 Å². The average molecular weight is 243 g/mol. The summed E-state index contributed by atoms with van der Waals surface area (Å²) in [6, 6.07) is 5.33. The standard InChI is InChI=1S/C14H17N3O/c1-10-2-5-12(6-3-10)14(18)17-13-7-4-11(8-15)9-16-13/h4,7,9-10,12H,2-3,5-6H2,1H3,(H,16,17,18). The molecular formula is C14H17N3O. The first kappa shape index (κ1) is 12.6. The Balaban J connectivity index is 1.92. The monoisotopic (exact) mass is 243 g/mol. The smallest absolute Gasteiger partial charge is 0.228 e. The Labute approximate surface area is 107 Å². The second-order valence-electron chi connectivity index (χ2n) is 4.99. The minimum atomic E-state index is 0.0547. The van der Waals surface area contributed by atoms with Crippen LogP contribution < -0.4 is 5.32 Å². The normalized spacial score (nSPS) is 23.1. The van der Waals surface area contributed by atoms with Crippen LogP contribution in [0.1, 0.15) is 38.2 Å². The van der Waals surface area contributed by atoms with Crippen molar-refractivity contribution in [1.82, 2.24) is 4.98 Å². The molecule has 1 amide bonds. The van der Waals surface area contributed by atoms with E-state index in [1.807, 2.05) is 6.07 Å². The van der Waals surface area contributed by atoms with Gasteiger partial charge >= 0.3 is 0 Å². The number of aromatic nitrogens is 1. The Morgan fingerprint density at radius 3 is 2.67 bits per heavy atom. The molecule has 0 bridgehead atoms. The van der Waals surface area contributed by atoms with E-state index in [0.717, 1.165) is 31.6 Å². The zero-order chi connectivity index (χ0) is 13.0. The van der Waals surface area contributed by atoms with Gasteiger partial charge in [0.1, 0.15) is 11.9 Å². The van der Waals surface area contributed by atoms with Gasteiger partial charge in [-0.25, -0.2) is 4.98 Å². The molecule has 1 aromatic rings. The fourth-order valence-electron chi connectivity index (χ4n) is 2.28. The van der Waals surface area contributed by atoms with Crippen molar-refractivity contribution in [2.75, 3.05) is 5.32 Å². The molecule has 94 valence electrons. The first-order chi connectivity index (χ1) is 8.69. The van der Waals surface area contributed by atoms with Gasteiger partial charge in [0.05, 0.1) is 5.56 Å². The molecule has 2 rings (SSSR count). The van der Waals surface area contributed by atoms with Gasteiger partial charge in [0.25, 0.3) is 0 Å². The Morgan fingerprint density at radius 1 is 1.39 bits per heavy atom. The molecule has 1 heterocycles. The zero-order valence-electron chi connectivity index (χ0n) is 10.5. The molecule has 1 fully saturated rings. The number of nitriles is 1. The lowest BCUT2D eigenvalue weighted by Crippen LogP contribution is -2.26. The summed E-state index contributed by atoms with van der Waals surface area (Å²) < 4.78 is 0. The zero-order valence-corrected chi connectivity index (χ0v) is 10.5. The van der Waals surface area contributed by atoms with E-state index in [9.17, 15) is 4.79 Å². The van der Waals surface area contributed by atoms with Gasteiger partial charge < -0.3 is 5.32 Å². The highest BCUT2D eigenvalue weighted by atomic mass is 16.1. The number of hydrogen-bond donors (Lipinski definition) is 1. The first-order valence-corrected chi connectivity index (χ1v) is 6.36. The van der Waals surface area contributed by atoms with Gasteiger partial charge in [-0.15, -0.1) is 0 Å². The number of rotatable bonds is 2. The maximum absolute atomic E-state index is 12.0. The van der Waals surface area contributed by atoms with Crippen LogP contribution in [-0.2, 0) is 4.79 Å². The Morgan fingerprint density at radius 2 is 2.11 bits per heavy atom. The summed E-state index contributed by atoms with van der Waals surface area (Å²) in [7, 11) is 0. The molecule has 4 nitrogen and oxygen atoms in total. The molecule has 4 heteroatoms. The van der Waals surface area contributed by atoms with E-state index in [4.69, 9.17) is 5.26 Å². The van der Waals surface area contributed by atoms with E-state index in [1.165, 1.54) is 6.20 Å². The number of pyridine rings is 1. The van der Waals surface area contributed by atoms with Gasteiger partial charge in [0.15, 0.2) is 0 Å². The molecule has 0 unspecified atom stereocenters. The van der Waals surface area contributed by atoms with Gasteiger partial charge in [0.2, 0.25) is 5.91 Å². The summed E-state index contributed by atoms with van der Waals surface area (Å²) in [5, 5.41) is 11.5. The van der Waals surface area contributed by atoms with Crippen molar-refractivity contribution in [3.63, 3.8) is 0 Å². The van der Waals surface area contributed by atoms with E-state index in [0.29, 0.717) is 11.4 Å². The number of hydrogen-bond acceptors (Lipinski definition) is 3. The van der Waals surface area contributed by atoms with Gasteiger partial charge in [-0.1, -0.05) is 6.92 Å². The molecule has 0 spiro atoms. The van der Waals surface area contributed by atoms with E-state index in [1.54, 1.807) is 12.1 Å². The van der Waals surface area contributed by atoms with E-state index >= 15 is 0 Å². The summed E-state index contributed by atoms with van der Waals surface area (Å²) in [4.78, 5) is 16.1. The third-order valence-corrected chi connectivity index (χ3v) is 3.53. The number of nitrogens with one attached hydrogen (secondary N) is 1. The molecule has 0 radical (unpaired) electrons. The molecule has 1 aliphatic carbocycles. The molecule has 1 aliphatic rings. The third kappa shape index (κ3) is 3.07. The molecule has 0 aromatic carbocycles. The minimum absolute atomic E-state index is 0.0547. The van der Waals surface area contributed by atoms with Crippen LogP contribution in [0.15, 0.2) is 18.3 Å². The number of carbonyl (C=O) groups is 1. The average Bonchev–Trinajstić information content (AvgIpc) is 2.40. The van der Waals surface area contributed by atoms with Gasteiger partial charge in [-0.2, -0.15) is 5.26 Å². The molecule has 0 saturated heterocycles. The molecule has 1 saturated carbocycles. The first-order valence-electron chi connectivity index (χ1n) is 6.36. The van der Waals surface area contributed by atoms with Crippen molar-refractivity contribution in [2.24, 2.45) is 11.8 Å². The summed E-state index contributed by atoms with van der Waals surface area (Å²) in [5.41, 5.74) is 0.500. The minimum Gasteiger partial charge on any atom is -0.310 e. The maximum Gasteiger partial charge on any atom is 0.228 e. The number of nitrogens with zero attached hydrogens (tertiary/aromatic N) is 2. The summed E-state index contributed by atoms with van der Waals surface area (Å²) >= 11 is 0. The van der Waals surface area contributed by atoms with Crippen LogP contribution in [0.3, 0.4) is 0 Å². The van der Waals surface area contributed by atoms with Gasteiger partial charge in [-0.05, 0) is 43.7 Å². The SMILES string of the molecule is CC1CCC(C(=O)Nc2ccc(C#N)cn2)CC1. The third-order valence-electron chi connectivity index (χ3n) is 3.53. The fraction of sp³-hybridized carbons (Fsp3) is 0.500. The predicted octanol–water partition coefficient (Wildman–Crippen LogP) is 2.72. The van der Waals surface area contributed by atoms with Crippen molar-refractivity contribution >= 4 is 11.7 Å². The number of amides is 1. The van der Waals surface area contributed by atoms with Crippen molar-refractivity contribution in [3.8, 4) is 6.07 Å². The second kappa shape index (κ2) is 5.63. The number of carbonyl (C=O) groups excluding carboxylic acids is 1. The largest absolute Gasteiger partial charge is 0.310 e. The van der Waals surface area contributed by atoms with Crippen LogP contribution in [0.2, 0.25) is 0 Å². The van der Waals surface area contributed by atoms with E-state index in [2.05, 4.69) is 17.2 Å². The topological polar surface area (TPSA) is 65.8 Å². The second-order valence-corrected chi connectivity index (χ2v) is 4.99. The maximum atomic E-state index is 12.0. The highest BCUT2D eigenvalue weighted by Crippen LogP contribution is 2.28. The Kier molecular flexibility index (Phi) is 3.93. The Bertz CT molecular complexity index is 453. The number of anilines is 1. The Hall–Kier alpha value is -1.89. The van der Waals surface area contributed by atoms with Crippen LogP contribution in [0.5, 0.6) is 0 Å². The van der Waals surface area contributed by atoms with Crippen LogP contribution in [0, 0.1) is 23.2 Å². The van der Waals surface area contributed by atoms with Crippen LogP contribution >= 0.6 is 0 Å². The van der Waals surface area contributed by atoms with Crippen LogP contribution in [0.4, 0.5) is 5.82 Å². The highest BCUT2D eigenvalue weighted by Gasteiger charge is 2.24. The quantitative estimate of drug-likeness (QED) is 0.868. The van der Waals surface area contributed by atoms with Crippen LogP contribution in [0.25, 0.3) is 0 Å². The van der Waals surface area contributed by atoms with Crippen LogP contribution in [-0.4, -0.2) is 10.9 Å². The van der Waals surface area contributed by atoms with Crippen molar-refractivity contribution in [3.05, 3.63) is 23.9 Å². The molecule has 1 N–H and O–H groups in total. The molecule has 0 aliphatic heterocycles. The molecule has 1 aromatic heterocycles. The van der Waals surface area contributed by atoms with E-state index < -0.39 is 0 Å². The van der Waals surface area contributed by atoms with E-state index in [-0.39, 0.29) is 11.8 Å². The highest BCUT2D eigenvalue weighted by molar-refractivity contribution is 5.91. The van der Waals surface area contributed by atoms with Gasteiger partial charge in [0, 0.05) is 12.1 Å².